The Morgan fingerprint density at radius 2 is 1.74 bits per heavy atom. The van der Waals surface area contributed by atoms with Gasteiger partial charge in [0.1, 0.15) is 22.7 Å². The number of rotatable bonds is 5. The van der Waals surface area contributed by atoms with Gasteiger partial charge in [0, 0.05) is 24.1 Å². The molecule has 5 heteroatoms. The van der Waals surface area contributed by atoms with Crippen LogP contribution in [0.25, 0.3) is 0 Å². The molecule has 1 heterocycles. The summed E-state index contributed by atoms with van der Waals surface area (Å²) in [4.78, 5) is 0. The van der Waals surface area contributed by atoms with Crippen LogP contribution in [0.3, 0.4) is 0 Å². The molecule has 102 valence electrons. The molecule has 0 bridgehead atoms. The molecule has 0 spiro atoms. The largest absolute Gasteiger partial charge is 0.496 e. The van der Waals surface area contributed by atoms with E-state index in [4.69, 9.17) is 18.9 Å². The van der Waals surface area contributed by atoms with Crippen molar-refractivity contribution in [1.29, 1.82) is 5.26 Å². The van der Waals surface area contributed by atoms with E-state index in [0.29, 0.717) is 36.9 Å². The Morgan fingerprint density at radius 3 is 2.05 bits per heavy atom. The minimum absolute atomic E-state index is 0.446. The third-order valence-electron chi connectivity index (χ3n) is 3.33. The molecule has 0 amide bonds. The summed E-state index contributed by atoms with van der Waals surface area (Å²) < 4.78 is 21.1. The lowest BCUT2D eigenvalue weighted by Gasteiger charge is -2.35. The summed E-state index contributed by atoms with van der Waals surface area (Å²) in [6.45, 7) is 0.893. The van der Waals surface area contributed by atoms with Gasteiger partial charge in [-0.25, -0.2) is 0 Å². The van der Waals surface area contributed by atoms with Gasteiger partial charge in [-0.05, 0) is 0 Å². The molecule has 0 unspecified atom stereocenters. The molecule has 0 aromatic heterocycles. The zero-order chi connectivity index (χ0) is 13.9. The summed E-state index contributed by atoms with van der Waals surface area (Å²) in [5, 5.41) is 9.29. The van der Waals surface area contributed by atoms with E-state index in [1.807, 2.05) is 0 Å². The van der Waals surface area contributed by atoms with E-state index in [0.717, 1.165) is 5.56 Å². The van der Waals surface area contributed by atoms with E-state index in [1.54, 1.807) is 33.5 Å². The first kappa shape index (κ1) is 13.5. The van der Waals surface area contributed by atoms with Crippen molar-refractivity contribution < 1.29 is 18.9 Å². The van der Waals surface area contributed by atoms with Gasteiger partial charge in [0.15, 0.2) is 0 Å². The monoisotopic (exact) mass is 263 g/mol. The molecule has 2 rings (SSSR count). The Balaban J connectivity index is 2.40. The Morgan fingerprint density at radius 1 is 1.16 bits per heavy atom. The zero-order valence-electron chi connectivity index (χ0n) is 11.4. The highest BCUT2D eigenvalue weighted by Gasteiger charge is 2.40. The lowest BCUT2D eigenvalue weighted by Crippen LogP contribution is -2.43. The molecule has 1 aliphatic rings. The number of benzene rings is 1. The highest BCUT2D eigenvalue weighted by atomic mass is 16.5. The van der Waals surface area contributed by atoms with Crippen LogP contribution in [0.1, 0.15) is 5.56 Å². The Kier molecular flexibility index (Phi) is 3.82. The van der Waals surface area contributed by atoms with Crippen LogP contribution >= 0.6 is 0 Å². The lowest BCUT2D eigenvalue weighted by molar-refractivity contribution is -0.0768. The Bertz CT molecular complexity index is 478. The standard InChI is InChI=1S/C14H17NO4/c1-16-10-4-12(17-2)11(13(5-10)18-3)6-14(7-15)8-19-9-14/h4-5H,6,8-9H2,1-3H3. The van der Waals surface area contributed by atoms with Crippen LogP contribution in [0.4, 0.5) is 0 Å². The second-order valence-electron chi connectivity index (χ2n) is 4.57. The van der Waals surface area contributed by atoms with Gasteiger partial charge in [0.25, 0.3) is 0 Å². The molecule has 0 saturated carbocycles. The van der Waals surface area contributed by atoms with Gasteiger partial charge in [-0.1, -0.05) is 0 Å². The van der Waals surface area contributed by atoms with Crippen molar-refractivity contribution in [2.75, 3.05) is 34.5 Å². The summed E-state index contributed by atoms with van der Waals surface area (Å²) >= 11 is 0. The van der Waals surface area contributed by atoms with Crippen molar-refractivity contribution in [2.24, 2.45) is 5.41 Å². The van der Waals surface area contributed by atoms with Crippen LogP contribution in [0, 0.1) is 16.7 Å². The average Bonchev–Trinajstić information content (AvgIpc) is 2.42. The SMILES string of the molecule is COc1cc(OC)c(CC2(C#N)COC2)c(OC)c1. The van der Waals surface area contributed by atoms with Gasteiger partial charge in [-0.15, -0.1) is 0 Å². The van der Waals surface area contributed by atoms with E-state index in [-0.39, 0.29) is 0 Å². The van der Waals surface area contributed by atoms with Crippen LogP contribution in [0.2, 0.25) is 0 Å². The van der Waals surface area contributed by atoms with Crippen LogP contribution < -0.4 is 14.2 Å². The summed E-state index contributed by atoms with van der Waals surface area (Å²) in [5.41, 5.74) is 0.394. The van der Waals surface area contributed by atoms with Gasteiger partial charge in [-0.2, -0.15) is 5.26 Å². The van der Waals surface area contributed by atoms with Crippen molar-refractivity contribution in [2.45, 2.75) is 6.42 Å². The van der Waals surface area contributed by atoms with Crippen LogP contribution in [0.5, 0.6) is 17.2 Å². The Hall–Kier alpha value is -1.93. The smallest absolute Gasteiger partial charge is 0.129 e. The van der Waals surface area contributed by atoms with Crippen molar-refractivity contribution in [3.05, 3.63) is 17.7 Å². The number of ether oxygens (including phenoxy) is 4. The maximum atomic E-state index is 9.29. The van der Waals surface area contributed by atoms with E-state index in [9.17, 15) is 5.26 Å². The molecule has 0 N–H and O–H groups in total. The molecular weight excluding hydrogens is 246 g/mol. The molecule has 0 aliphatic carbocycles. The van der Waals surface area contributed by atoms with Gasteiger partial charge in [0.2, 0.25) is 0 Å². The highest BCUT2D eigenvalue weighted by Crippen LogP contribution is 2.40. The maximum absolute atomic E-state index is 9.29. The first-order valence-corrected chi connectivity index (χ1v) is 5.96. The van der Waals surface area contributed by atoms with E-state index in [1.165, 1.54) is 0 Å². The lowest BCUT2D eigenvalue weighted by atomic mass is 9.81. The number of nitrogens with zero attached hydrogens (tertiary/aromatic N) is 1. The summed E-state index contributed by atoms with van der Waals surface area (Å²) in [5.74, 6) is 1.99. The Labute approximate surface area is 112 Å². The summed E-state index contributed by atoms with van der Waals surface area (Å²) in [6.07, 6.45) is 0.542. The topological polar surface area (TPSA) is 60.7 Å². The van der Waals surface area contributed by atoms with Crippen LogP contribution in [-0.2, 0) is 11.2 Å². The van der Waals surface area contributed by atoms with Crippen LogP contribution in [-0.4, -0.2) is 34.5 Å². The highest BCUT2D eigenvalue weighted by molar-refractivity contribution is 5.51. The van der Waals surface area contributed by atoms with Crippen LogP contribution in [0.15, 0.2) is 12.1 Å². The first-order valence-electron chi connectivity index (χ1n) is 5.96. The van der Waals surface area contributed by atoms with E-state index in [2.05, 4.69) is 6.07 Å². The number of methoxy groups -OCH3 is 3. The number of hydrogen-bond acceptors (Lipinski definition) is 5. The predicted octanol–water partition coefficient (Wildman–Crippen LogP) is 1.80. The van der Waals surface area contributed by atoms with Crippen molar-refractivity contribution in [1.82, 2.24) is 0 Å². The second-order valence-corrected chi connectivity index (χ2v) is 4.57. The number of hydrogen-bond donors (Lipinski definition) is 0. The molecule has 0 radical (unpaired) electrons. The summed E-state index contributed by atoms with van der Waals surface area (Å²) in [7, 11) is 4.77. The molecule has 1 aromatic carbocycles. The third kappa shape index (κ3) is 2.45. The third-order valence-corrected chi connectivity index (χ3v) is 3.33. The van der Waals surface area contributed by atoms with Crippen molar-refractivity contribution >= 4 is 0 Å². The fourth-order valence-electron chi connectivity index (χ4n) is 2.15. The van der Waals surface area contributed by atoms with E-state index >= 15 is 0 Å². The molecule has 19 heavy (non-hydrogen) atoms. The van der Waals surface area contributed by atoms with Gasteiger partial charge in [-0.3, -0.25) is 0 Å². The molecular formula is C14H17NO4. The second kappa shape index (κ2) is 5.37. The number of nitriles is 1. The van der Waals surface area contributed by atoms with Crippen molar-refractivity contribution in [3.8, 4) is 23.3 Å². The first-order chi connectivity index (χ1) is 9.18. The zero-order valence-corrected chi connectivity index (χ0v) is 11.4. The predicted molar refractivity (Wildman–Crippen MR) is 68.7 cm³/mol. The minimum Gasteiger partial charge on any atom is -0.496 e. The normalized spacial score (nSPS) is 16.1. The van der Waals surface area contributed by atoms with Gasteiger partial charge in [0.05, 0.1) is 40.6 Å². The minimum atomic E-state index is -0.477. The molecule has 0 atom stereocenters. The fraction of sp³-hybridized carbons (Fsp3) is 0.500. The quantitative estimate of drug-likeness (QED) is 0.810. The van der Waals surface area contributed by atoms with Gasteiger partial charge < -0.3 is 18.9 Å². The van der Waals surface area contributed by atoms with Crippen molar-refractivity contribution in [3.63, 3.8) is 0 Å². The molecule has 1 fully saturated rings. The molecule has 1 saturated heterocycles. The van der Waals surface area contributed by atoms with E-state index < -0.39 is 5.41 Å². The fourth-order valence-corrected chi connectivity index (χ4v) is 2.15. The molecule has 1 aliphatic heterocycles. The average molecular weight is 263 g/mol. The molecule has 5 nitrogen and oxygen atoms in total. The maximum Gasteiger partial charge on any atom is 0.129 e. The molecule has 1 aromatic rings. The summed E-state index contributed by atoms with van der Waals surface area (Å²) in [6, 6.07) is 5.92. The van der Waals surface area contributed by atoms with Gasteiger partial charge >= 0.3 is 0 Å².